The average molecular weight is 284 g/mol. The molecule has 2 aliphatic rings. The quantitative estimate of drug-likeness (QED) is 0.773. The standard InChI is InChI=1S/C15H16N4S/c1-3-11-9-13(17-18-15-16-5-8-20-15)10-12-4-2-7-19(6-1)14(11)12/h5,8-10H,1-4,6-7H2. The highest BCUT2D eigenvalue weighted by atomic mass is 32.1. The second-order valence-corrected chi connectivity index (χ2v) is 6.19. The monoisotopic (exact) mass is 284 g/mol. The SMILES string of the molecule is c1csc(N=Nc2cc3c4c(c2)CCCN4CCC3)n1. The molecule has 3 heterocycles. The number of aromatic nitrogens is 1. The molecule has 4 rings (SSSR count). The van der Waals surface area contributed by atoms with Gasteiger partial charge >= 0.3 is 0 Å². The summed E-state index contributed by atoms with van der Waals surface area (Å²) in [4.78, 5) is 6.68. The molecule has 0 atom stereocenters. The number of anilines is 1. The molecule has 20 heavy (non-hydrogen) atoms. The van der Waals surface area contributed by atoms with Crippen molar-refractivity contribution in [3.05, 3.63) is 34.8 Å². The van der Waals surface area contributed by atoms with Crippen molar-refractivity contribution in [2.75, 3.05) is 18.0 Å². The van der Waals surface area contributed by atoms with Crippen molar-refractivity contribution in [3.8, 4) is 0 Å². The van der Waals surface area contributed by atoms with Crippen LogP contribution in [0.4, 0.5) is 16.5 Å². The molecular weight excluding hydrogens is 268 g/mol. The number of hydrogen-bond acceptors (Lipinski definition) is 5. The fourth-order valence-corrected chi connectivity index (χ4v) is 3.66. The summed E-state index contributed by atoms with van der Waals surface area (Å²) in [7, 11) is 0. The Morgan fingerprint density at radius 1 is 1.05 bits per heavy atom. The first-order chi connectivity index (χ1) is 9.90. The predicted octanol–water partition coefficient (Wildman–Crippen LogP) is 4.26. The summed E-state index contributed by atoms with van der Waals surface area (Å²) in [5.41, 5.74) is 5.34. The Kier molecular flexibility index (Phi) is 2.99. The smallest absolute Gasteiger partial charge is 0.229 e. The molecule has 5 heteroatoms. The number of nitrogens with zero attached hydrogens (tertiary/aromatic N) is 4. The second kappa shape index (κ2) is 4.98. The van der Waals surface area contributed by atoms with Gasteiger partial charge in [-0.05, 0) is 48.9 Å². The van der Waals surface area contributed by atoms with Gasteiger partial charge in [0.2, 0.25) is 5.13 Å². The minimum Gasteiger partial charge on any atom is -0.371 e. The van der Waals surface area contributed by atoms with Gasteiger partial charge in [0.05, 0.1) is 5.69 Å². The van der Waals surface area contributed by atoms with Crippen LogP contribution in [0.5, 0.6) is 0 Å². The summed E-state index contributed by atoms with van der Waals surface area (Å²) in [6, 6.07) is 4.40. The van der Waals surface area contributed by atoms with E-state index in [9.17, 15) is 0 Å². The summed E-state index contributed by atoms with van der Waals surface area (Å²) in [5.74, 6) is 0. The molecule has 1 aromatic heterocycles. The van der Waals surface area contributed by atoms with Crippen LogP contribution in [0, 0.1) is 0 Å². The zero-order valence-electron chi connectivity index (χ0n) is 11.2. The number of rotatable bonds is 2. The first-order valence-electron chi connectivity index (χ1n) is 7.12. The predicted molar refractivity (Wildman–Crippen MR) is 81.6 cm³/mol. The van der Waals surface area contributed by atoms with Crippen molar-refractivity contribution < 1.29 is 0 Å². The zero-order chi connectivity index (χ0) is 13.4. The molecule has 0 spiro atoms. The molecule has 0 unspecified atom stereocenters. The van der Waals surface area contributed by atoms with Crippen molar-refractivity contribution in [2.24, 2.45) is 10.2 Å². The normalized spacial score (nSPS) is 17.5. The number of thiazole rings is 1. The molecule has 4 nitrogen and oxygen atoms in total. The molecule has 0 fully saturated rings. The third-order valence-electron chi connectivity index (χ3n) is 3.99. The molecule has 0 aliphatic carbocycles. The number of benzene rings is 1. The van der Waals surface area contributed by atoms with Crippen molar-refractivity contribution in [3.63, 3.8) is 0 Å². The highest BCUT2D eigenvalue weighted by molar-refractivity contribution is 7.13. The van der Waals surface area contributed by atoms with E-state index < -0.39 is 0 Å². The topological polar surface area (TPSA) is 40.9 Å². The lowest BCUT2D eigenvalue weighted by Crippen LogP contribution is -2.34. The van der Waals surface area contributed by atoms with Crippen LogP contribution in [0.2, 0.25) is 0 Å². The molecule has 0 amide bonds. The number of hydrogen-bond donors (Lipinski definition) is 0. The maximum Gasteiger partial charge on any atom is 0.229 e. The van der Waals surface area contributed by atoms with Gasteiger partial charge in [-0.1, -0.05) is 0 Å². The lowest BCUT2D eigenvalue weighted by Gasteiger charge is -2.36. The van der Waals surface area contributed by atoms with Gasteiger partial charge in [0.15, 0.2) is 0 Å². The van der Waals surface area contributed by atoms with E-state index in [2.05, 4.69) is 32.2 Å². The van der Waals surface area contributed by atoms with E-state index >= 15 is 0 Å². The molecule has 0 saturated carbocycles. The van der Waals surface area contributed by atoms with Gasteiger partial charge in [0.1, 0.15) is 0 Å². The fourth-order valence-electron chi connectivity index (χ4n) is 3.21. The van der Waals surface area contributed by atoms with Crippen LogP contribution in [0.15, 0.2) is 33.9 Å². The molecule has 0 bridgehead atoms. The van der Waals surface area contributed by atoms with Gasteiger partial charge in [-0.2, -0.15) is 0 Å². The van der Waals surface area contributed by atoms with Crippen LogP contribution in [0.25, 0.3) is 0 Å². The minimum atomic E-state index is 0.720. The molecule has 2 aliphatic heterocycles. The minimum absolute atomic E-state index is 0.720. The van der Waals surface area contributed by atoms with Gasteiger partial charge in [-0.25, -0.2) is 4.98 Å². The summed E-state index contributed by atoms with van der Waals surface area (Å²) >= 11 is 1.51. The van der Waals surface area contributed by atoms with Gasteiger partial charge in [0, 0.05) is 30.4 Å². The third-order valence-corrected chi connectivity index (χ3v) is 4.64. The van der Waals surface area contributed by atoms with Crippen LogP contribution in [-0.4, -0.2) is 18.1 Å². The van der Waals surface area contributed by atoms with Crippen LogP contribution in [0.1, 0.15) is 24.0 Å². The molecule has 102 valence electrons. The lowest BCUT2D eigenvalue weighted by molar-refractivity contribution is 0.634. The van der Waals surface area contributed by atoms with Crippen molar-refractivity contribution in [2.45, 2.75) is 25.7 Å². The van der Waals surface area contributed by atoms with Gasteiger partial charge in [-0.3, -0.25) is 0 Å². The van der Waals surface area contributed by atoms with E-state index in [-0.39, 0.29) is 0 Å². The highest BCUT2D eigenvalue weighted by Gasteiger charge is 2.24. The van der Waals surface area contributed by atoms with E-state index in [1.165, 1.54) is 66.9 Å². The van der Waals surface area contributed by atoms with Crippen LogP contribution >= 0.6 is 11.3 Å². The van der Waals surface area contributed by atoms with Crippen LogP contribution in [-0.2, 0) is 12.8 Å². The van der Waals surface area contributed by atoms with Crippen molar-refractivity contribution in [1.82, 2.24) is 4.98 Å². The molecule has 1 aromatic carbocycles. The van der Waals surface area contributed by atoms with E-state index in [0.29, 0.717) is 0 Å². The van der Waals surface area contributed by atoms with Gasteiger partial charge in [0.25, 0.3) is 0 Å². The molecule has 2 aromatic rings. The first kappa shape index (κ1) is 12.0. The third kappa shape index (κ3) is 2.12. The summed E-state index contributed by atoms with van der Waals surface area (Å²) in [6.07, 6.45) is 6.59. The Balaban J connectivity index is 1.72. The Labute approximate surface area is 122 Å². The van der Waals surface area contributed by atoms with E-state index in [0.717, 1.165) is 10.8 Å². The summed E-state index contributed by atoms with van der Waals surface area (Å²) < 4.78 is 0. The van der Waals surface area contributed by atoms with Gasteiger partial charge < -0.3 is 4.90 Å². The fraction of sp³-hybridized carbons (Fsp3) is 0.400. The molecule has 0 N–H and O–H groups in total. The Morgan fingerprint density at radius 3 is 2.45 bits per heavy atom. The number of azo groups is 1. The van der Waals surface area contributed by atoms with Crippen LogP contribution < -0.4 is 4.90 Å². The second-order valence-electron chi connectivity index (χ2n) is 5.32. The van der Waals surface area contributed by atoms with Crippen LogP contribution in [0.3, 0.4) is 0 Å². The maximum atomic E-state index is 4.37. The molecular formula is C15H16N4S. The molecule has 0 radical (unpaired) electrons. The van der Waals surface area contributed by atoms with E-state index in [1.54, 1.807) is 6.20 Å². The lowest BCUT2D eigenvalue weighted by atomic mass is 9.91. The largest absolute Gasteiger partial charge is 0.371 e. The first-order valence-corrected chi connectivity index (χ1v) is 8.00. The van der Waals surface area contributed by atoms with E-state index in [1.807, 2.05) is 5.38 Å². The molecule has 0 saturated heterocycles. The Hall–Kier alpha value is -1.75. The average Bonchev–Trinajstić information content (AvgIpc) is 2.99. The number of aryl methyl sites for hydroxylation is 2. The highest BCUT2D eigenvalue weighted by Crippen LogP contribution is 2.38. The Morgan fingerprint density at radius 2 is 1.80 bits per heavy atom. The van der Waals surface area contributed by atoms with E-state index in [4.69, 9.17) is 0 Å². The Bertz CT molecular complexity index is 617. The van der Waals surface area contributed by atoms with Crippen molar-refractivity contribution in [1.29, 1.82) is 0 Å². The summed E-state index contributed by atoms with van der Waals surface area (Å²) in [6.45, 7) is 2.42. The van der Waals surface area contributed by atoms with Crippen molar-refractivity contribution >= 4 is 27.8 Å². The van der Waals surface area contributed by atoms with Gasteiger partial charge in [-0.15, -0.1) is 21.6 Å². The maximum absolute atomic E-state index is 4.37. The zero-order valence-corrected chi connectivity index (χ0v) is 12.1. The summed E-state index contributed by atoms with van der Waals surface area (Å²) in [5, 5.41) is 11.2.